The molecular weight excluding hydrogens is 352 g/mol. The molecule has 0 atom stereocenters. The molecule has 7 heteroatoms. The Bertz CT molecular complexity index is 616. The van der Waals surface area contributed by atoms with Crippen molar-refractivity contribution in [3.05, 3.63) is 55.6 Å². The van der Waals surface area contributed by atoms with Crippen molar-refractivity contribution < 1.29 is 9.59 Å². The Morgan fingerprint density at radius 1 is 1.16 bits per heavy atom. The normalized spacial score (nSPS) is 10.0. The molecule has 2 aromatic rings. The fourth-order valence-corrected chi connectivity index (χ4v) is 2.51. The van der Waals surface area contributed by atoms with Gasteiger partial charge in [0.2, 0.25) is 0 Å². The second-order valence-electron chi connectivity index (χ2n) is 3.51. The fourth-order valence-electron chi connectivity index (χ4n) is 1.32. The number of benzene rings is 1. The molecule has 19 heavy (non-hydrogen) atoms. The van der Waals surface area contributed by atoms with Gasteiger partial charge in [0.1, 0.15) is 0 Å². The van der Waals surface area contributed by atoms with Gasteiger partial charge in [0, 0.05) is 4.47 Å². The van der Waals surface area contributed by atoms with E-state index in [0.29, 0.717) is 9.90 Å². The van der Waals surface area contributed by atoms with Crippen LogP contribution in [0.2, 0.25) is 5.02 Å². The molecule has 0 unspecified atom stereocenters. The van der Waals surface area contributed by atoms with Gasteiger partial charge in [-0.05, 0) is 29.6 Å². The highest BCUT2D eigenvalue weighted by atomic mass is 79.9. The molecule has 0 aliphatic rings. The first-order valence-electron chi connectivity index (χ1n) is 5.17. The molecular formula is C12H8BrClN2O2S. The van der Waals surface area contributed by atoms with Gasteiger partial charge < -0.3 is 0 Å². The number of hydrogen-bond donors (Lipinski definition) is 2. The Hall–Kier alpha value is -1.37. The Kier molecular flexibility index (Phi) is 4.57. The molecule has 2 amide bonds. The van der Waals surface area contributed by atoms with Crippen molar-refractivity contribution in [3.63, 3.8) is 0 Å². The van der Waals surface area contributed by atoms with Gasteiger partial charge in [0.05, 0.1) is 15.5 Å². The lowest BCUT2D eigenvalue weighted by atomic mass is 10.2. The van der Waals surface area contributed by atoms with E-state index in [1.807, 2.05) is 0 Å². The third-order valence-electron chi connectivity index (χ3n) is 2.21. The topological polar surface area (TPSA) is 58.2 Å². The van der Waals surface area contributed by atoms with Gasteiger partial charge in [-0.2, -0.15) is 0 Å². The molecule has 2 N–H and O–H groups in total. The third kappa shape index (κ3) is 3.56. The molecule has 0 fully saturated rings. The summed E-state index contributed by atoms with van der Waals surface area (Å²) in [5.41, 5.74) is 4.93. The lowest BCUT2D eigenvalue weighted by Crippen LogP contribution is -2.41. The van der Waals surface area contributed by atoms with Gasteiger partial charge in [0.15, 0.2) is 0 Å². The van der Waals surface area contributed by atoms with Crippen molar-refractivity contribution in [2.45, 2.75) is 0 Å². The van der Waals surface area contributed by atoms with E-state index in [1.165, 1.54) is 11.3 Å². The monoisotopic (exact) mass is 358 g/mol. The predicted molar refractivity (Wildman–Crippen MR) is 78.4 cm³/mol. The summed E-state index contributed by atoms with van der Waals surface area (Å²) in [5, 5.41) is 2.09. The van der Waals surface area contributed by atoms with E-state index in [9.17, 15) is 9.59 Å². The van der Waals surface area contributed by atoms with Gasteiger partial charge in [0.25, 0.3) is 11.8 Å². The lowest BCUT2D eigenvalue weighted by Gasteiger charge is -2.07. The zero-order valence-corrected chi connectivity index (χ0v) is 12.6. The Morgan fingerprint density at radius 2 is 1.89 bits per heavy atom. The molecule has 4 nitrogen and oxygen atoms in total. The molecule has 1 aromatic heterocycles. The SMILES string of the molecule is O=C(NNC(=O)c1cc(Br)ccc1Cl)c1cccs1. The van der Waals surface area contributed by atoms with Crippen LogP contribution in [-0.4, -0.2) is 11.8 Å². The number of carbonyl (C=O) groups excluding carboxylic acids is 2. The smallest absolute Gasteiger partial charge is 0.267 e. The Morgan fingerprint density at radius 3 is 2.58 bits per heavy atom. The zero-order chi connectivity index (χ0) is 13.8. The van der Waals surface area contributed by atoms with E-state index < -0.39 is 5.91 Å². The van der Waals surface area contributed by atoms with Crippen LogP contribution in [0, 0.1) is 0 Å². The summed E-state index contributed by atoms with van der Waals surface area (Å²) in [6.07, 6.45) is 0. The van der Waals surface area contributed by atoms with Gasteiger partial charge in [-0.15, -0.1) is 11.3 Å². The average Bonchev–Trinajstić information content (AvgIpc) is 2.92. The van der Waals surface area contributed by atoms with E-state index in [4.69, 9.17) is 11.6 Å². The Labute approximate surface area is 126 Å². The molecule has 1 heterocycles. The van der Waals surface area contributed by atoms with Gasteiger partial charge in [-0.1, -0.05) is 33.6 Å². The standard InChI is InChI=1S/C12H8BrClN2O2S/c13-7-3-4-9(14)8(6-7)11(17)15-16-12(18)10-2-1-5-19-10/h1-6H,(H,15,17)(H,16,18). The first-order valence-corrected chi connectivity index (χ1v) is 7.22. The van der Waals surface area contributed by atoms with Crippen LogP contribution >= 0.6 is 38.9 Å². The second kappa shape index (κ2) is 6.18. The zero-order valence-electron chi connectivity index (χ0n) is 9.44. The van der Waals surface area contributed by atoms with Crippen LogP contribution in [-0.2, 0) is 0 Å². The molecule has 98 valence electrons. The van der Waals surface area contributed by atoms with E-state index in [-0.39, 0.29) is 11.5 Å². The quantitative estimate of drug-likeness (QED) is 0.809. The summed E-state index contributed by atoms with van der Waals surface area (Å²) >= 11 is 10.5. The molecule has 0 spiro atoms. The number of carbonyl (C=O) groups is 2. The van der Waals surface area contributed by atoms with Gasteiger partial charge >= 0.3 is 0 Å². The molecule has 0 aliphatic carbocycles. The van der Waals surface area contributed by atoms with Crippen molar-refractivity contribution >= 4 is 50.7 Å². The summed E-state index contributed by atoms with van der Waals surface area (Å²) in [6.45, 7) is 0. The second-order valence-corrected chi connectivity index (χ2v) is 5.78. The molecule has 0 bridgehead atoms. The minimum absolute atomic E-state index is 0.280. The van der Waals surface area contributed by atoms with Crippen LogP contribution in [0.4, 0.5) is 0 Å². The molecule has 0 aliphatic heterocycles. The van der Waals surface area contributed by atoms with Crippen LogP contribution in [0.5, 0.6) is 0 Å². The molecule has 0 radical (unpaired) electrons. The number of nitrogens with one attached hydrogen (secondary N) is 2. The number of rotatable bonds is 2. The van der Waals surface area contributed by atoms with Crippen LogP contribution in [0.15, 0.2) is 40.2 Å². The predicted octanol–water partition coefficient (Wildman–Crippen LogP) is 3.24. The number of amides is 2. The molecule has 2 rings (SSSR count). The largest absolute Gasteiger partial charge is 0.279 e. The number of thiophene rings is 1. The van der Waals surface area contributed by atoms with Crippen LogP contribution in [0.1, 0.15) is 20.0 Å². The summed E-state index contributed by atoms with van der Waals surface area (Å²) < 4.78 is 0.728. The minimum Gasteiger partial charge on any atom is -0.267 e. The van der Waals surface area contributed by atoms with E-state index in [0.717, 1.165) is 4.47 Å². The lowest BCUT2D eigenvalue weighted by molar-refractivity contribution is 0.0849. The van der Waals surface area contributed by atoms with Crippen LogP contribution in [0.25, 0.3) is 0 Å². The summed E-state index contributed by atoms with van der Waals surface area (Å²) in [6, 6.07) is 8.32. The van der Waals surface area contributed by atoms with Crippen molar-refractivity contribution in [1.82, 2.24) is 10.9 Å². The Balaban J connectivity index is 2.02. The third-order valence-corrected chi connectivity index (χ3v) is 3.90. The first kappa shape index (κ1) is 14.0. The molecule has 1 aromatic carbocycles. The van der Waals surface area contributed by atoms with Crippen molar-refractivity contribution in [2.24, 2.45) is 0 Å². The number of halogens is 2. The number of hydrazine groups is 1. The van der Waals surface area contributed by atoms with Gasteiger partial charge in [-0.3, -0.25) is 20.4 Å². The van der Waals surface area contributed by atoms with Crippen LogP contribution in [0.3, 0.4) is 0 Å². The van der Waals surface area contributed by atoms with E-state index >= 15 is 0 Å². The summed E-state index contributed by atoms with van der Waals surface area (Å²) in [7, 11) is 0. The summed E-state index contributed by atoms with van der Waals surface area (Å²) in [4.78, 5) is 24.0. The highest BCUT2D eigenvalue weighted by Crippen LogP contribution is 2.20. The molecule has 0 saturated carbocycles. The maximum absolute atomic E-state index is 11.9. The highest BCUT2D eigenvalue weighted by molar-refractivity contribution is 9.10. The first-order chi connectivity index (χ1) is 9.08. The average molecular weight is 360 g/mol. The van der Waals surface area contributed by atoms with Crippen molar-refractivity contribution in [3.8, 4) is 0 Å². The van der Waals surface area contributed by atoms with E-state index in [2.05, 4.69) is 26.8 Å². The van der Waals surface area contributed by atoms with Crippen molar-refractivity contribution in [1.29, 1.82) is 0 Å². The summed E-state index contributed by atoms with van der Waals surface area (Å²) in [5.74, 6) is -0.842. The maximum Gasteiger partial charge on any atom is 0.279 e. The van der Waals surface area contributed by atoms with Crippen molar-refractivity contribution in [2.75, 3.05) is 0 Å². The van der Waals surface area contributed by atoms with Crippen LogP contribution < -0.4 is 10.9 Å². The minimum atomic E-state index is -0.476. The highest BCUT2D eigenvalue weighted by Gasteiger charge is 2.12. The van der Waals surface area contributed by atoms with E-state index in [1.54, 1.807) is 35.7 Å². The maximum atomic E-state index is 11.9. The fraction of sp³-hybridized carbons (Fsp3) is 0. The number of hydrogen-bond acceptors (Lipinski definition) is 3. The van der Waals surface area contributed by atoms with Gasteiger partial charge in [-0.25, -0.2) is 0 Å². The molecule has 0 saturated heterocycles.